The maximum Gasteiger partial charge on any atom is 0.273 e. The van der Waals surface area contributed by atoms with Gasteiger partial charge in [0, 0.05) is 11.8 Å². The van der Waals surface area contributed by atoms with Gasteiger partial charge in [0.05, 0.1) is 18.0 Å². The third kappa shape index (κ3) is 2.43. The van der Waals surface area contributed by atoms with Crippen LogP contribution in [-0.2, 0) is 14.8 Å². The second kappa shape index (κ2) is 5.18. The fourth-order valence-corrected chi connectivity index (χ4v) is 3.43. The molecule has 0 aliphatic carbocycles. The summed E-state index contributed by atoms with van der Waals surface area (Å²) in [5.41, 5.74) is 0.550. The highest BCUT2D eigenvalue weighted by Crippen LogP contribution is 2.21. The molecule has 8 heteroatoms. The van der Waals surface area contributed by atoms with Crippen LogP contribution in [0.3, 0.4) is 0 Å². The summed E-state index contributed by atoms with van der Waals surface area (Å²) in [5.74, 6) is -0.0695. The van der Waals surface area contributed by atoms with Crippen molar-refractivity contribution in [3.05, 3.63) is 29.8 Å². The monoisotopic (exact) mass is 301 g/mol. The van der Waals surface area contributed by atoms with Gasteiger partial charge in [-0.05, 0) is 18.6 Å². The highest BCUT2D eigenvalue weighted by Gasteiger charge is 2.33. The minimum absolute atomic E-state index is 0.0572. The molecular weight excluding hydrogens is 290 g/mol. The van der Waals surface area contributed by atoms with Gasteiger partial charge in [0.1, 0.15) is 0 Å². The lowest BCUT2D eigenvalue weighted by Gasteiger charge is -2.21. The highest BCUT2D eigenvalue weighted by molar-refractivity contribution is 7.90. The number of hydrogen-bond donors (Lipinski definition) is 0. The molecule has 0 radical (unpaired) electrons. The molecule has 0 atom stereocenters. The average molecular weight is 302 g/mol. The molecule has 102 valence electrons. The maximum atomic E-state index is 12.4. The Bertz CT molecular complexity index is 630. The molecule has 1 aliphatic heterocycles. The predicted molar refractivity (Wildman–Crippen MR) is 71.1 cm³/mol. The maximum absolute atomic E-state index is 12.4. The molecule has 1 aromatic rings. The van der Waals surface area contributed by atoms with Crippen LogP contribution in [0.5, 0.6) is 0 Å². The van der Waals surface area contributed by atoms with Crippen LogP contribution in [0, 0.1) is 6.92 Å². The van der Waals surface area contributed by atoms with Crippen LogP contribution in [0.4, 0.5) is 0 Å². The number of aryl methyl sites for hydroxylation is 1. The van der Waals surface area contributed by atoms with E-state index in [1.165, 1.54) is 6.07 Å². The number of carbonyl (C=O) groups excluding carboxylic acids is 1. The van der Waals surface area contributed by atoms with Gasteiger partial charge in [0.25, 0.3) is 10.0 Å². The molecule has 0 fully saturated rings. The van der Waals surface area contributed by atoms with Crippen LogP contribution >= 0.6 is 11.8 Å². The summed E-state index contributed by atoms with van der Waals surface area (Å²) in [5, 5.41) is 0. The largest absolute Gasteiger partial charge is 0.277 e. The Balaban J connectivity index is 2.49. The number of rotatable bonds is 3. The normalized spacial score (nSPS) is 15.3. The molecular formula is C11H12ClN3O3S. The van der Waals surface area contributed by atoms with E-state index in [1.54, 1.807) is 25.1 Å². The number of hydrogen-bond acceptors (Lipinski definition) is 5. The second-order valence-electron chi connectivity index (χ2n) is 3.94. The lowest BCUT2D eigenvalue weighted by atomic mass is 10.2. The van der Waals surface area contributed by atoms with Crippen LogP contribution in [-0.4, -0.2) is 42.6 Å². The van der Waals surface area contributed by atoms with E-state index < -0.39 is 10.0 Å². The van der Waals surface area contributed by atoms with Gasteiger partial charge in [0.15, 0.2) is 0 Å². The minimum atomic E-state index is -3.99. The van der Waals surface area contributed by atoms with E-state index in [0.29, 0.717) is 23.0 Å². The van der Waals surface area contributed by atoms with Crippen molar-refractivity contribution in [1.29, 1.82) is 0 Å². The number of nitrogens with zero attached hydrogens (tertiary/aromatic N) is 3. The first-order valence-corrected chi connectivity index (χ1v) is 7.29. The zero-order valence-corrected chi connectivity index (χ0v) is 11.7. The quantitative estimate of drug-likeness (QED) is 0.616. The van der Waals surface area contributed by atoms with Crippen molar-refractivity contribution in [3.63, 3.8) is 0 Å². The zero-order valence-electron chi connectivity index (χ0n) is 10.2. The molecule has 0 bridgehead atoms. The number of sulfonamides is 1. The zero-order chi connectivity index (χ0) is 14.0. The number of aliphatic imine (C=N–C) groups is 1. The third-order valence-corrected chi connectivity index (χ3v) is 4.79. The number of amides is 1. The summed E-state index contributed by atoms with van der Waals surface area (Å²) in [4.78, 5) is 15.1. The van der Waals surface area contributed by atoms with Crippen molar-refractivity contribution in [3.8, 4) is 0 Å². The van der Waals surface area contributed by atoms with E-state index in [2.05, 4.69) is 4.99 Å². The Hall–Kier alpha value is -1.60. The lowest BCUT2D eigenvalue weighted by Crippen LogP contribution is -2.41. The molecule has 0 saturated heterocycles. The molecule has 0 saturated carbocycles. The molecule has 6 nitrogen and oxygen atoms in total. The highest BCUT2D eigenvalue weighted by atomic mass is 35.5. The van der Waals surface area contributed by atoms with Crippen LogP contribution in [0.15, 0.2) is 34.2 Å². The Labute approximate surface area is 116 Å². The van der Waals surface area contributed by atoms with E-state index in [9.17, 15) is 13.2 Å². The molecule has 0 aromatic heterocycles. The summed E-state index contributed by atoms with van der Waals surface area (Å²) in [7, 11) is -3.99. The minimum Gasteiger partial charge on any atom is -0.277 e. The van der Waals surface area contributed by atoms with Crippen molar-refractivity contribution in [2.24, 2.45) is 4.99 Å². The smallest absolute Gasteiger partial charge is 0.273 e. The summed E-state index contributed by atoms with van der Waals surface area (Å²) in [6, 6.07) is 6.42. The number of benzene rings is 1. The van der Waals surface area contributed by atoms with Gasteiger partial charge in [-0.2, -0.15) is 4.31 Å². The lowest BCUT2D eigenvalue weighted by molar-refractivity contribution is -0.112. The SMILES string of the molecule is Cc1ccccc1S(=O)(=O)N(C=O)C1=NCCN1Cl. The number of carbonyl (C=O) groups is 1. The first-order valence-electron chi connectivity index (χ1n) is 5.51. The molecule has 2 rings (SSSR count). The topological polar surface area (TPSA) is 70.0 Å². The van der Waals surface area contributed by atoms with Crippen LogP contribution in [0.2, 0.25) is 0 Å². The Morgan fingerprint density at radius 1 is 1.42 bits per heavy atom. The Morgan fingerprint density at radius 3 is 2.63 bits per heavy atom. The van der Waals surface area contributed by atoms with Crippen LogP contribution in [0.1, 0.15) is 5.56 Å². The Morgan fingerprint density at radius 2 is 2.11 bits per heavy atom. The molecule has 1 heterocycles. The van der Waals surface area contributed by atoms with E-state index in [1.807, 2.05) is 0 Å². The van der Waals surface area contributed by atoms with Crippen molar-refractivity contribution in [2.45, 2.75) is 11.8 Å². The average Bonchev–Trinajstić information content (AvgIpc) is 2.77. The molecule has 1 aliphatic rings. The standard InChI is InChI=1S/C11H12ClN3O3S/c1-9-4-2-3-5-10(9)19(17,18)15(8-16)11-13-6-7-14(11)12/h2-5,8H,6-7H2,1H3. The van der Waals surface area contributed by atoms with E-state index in [4.69, 9.17) is 11.8 Å². The van der Waals surface area contributed by atoms with Crippen molar-refractivity contribution in [1.82, 2.24) is 8.72 Å². The molecule has 0 unspecified atom stereocenters. The van der Waals surface area contributed by atoms with Crippen LogP contribution < -0.4 is 0 Å². The molecule has 19 heavy (non-hydrogen) atoms. The Kier molecular flexibility index (Phi) is 3.77. The van der Waals surface area contributed by atoms with E-state index >= 15 is 0 Å². The molecule has 0 spiro atoms. The fourth-order valence-electron chi connectivity index (χ4n) is 1.75. The van der Waals surface area contributed by atoms with Crippen molar-refractivity contribution < 1.29 is 13.2 Å². The van der Waals surface area contributed by atoms with E-state index in [-0.39, 0.29) is 17.3 Å². The van der Waals surface area contributed by atoms with Gasteiger partial charge in [-0.25, -0.2) is 13.4 Å². The molecule has 0 N–H and O–H groups in total. The summed E-state index contributed by atoms with van der Waals surface area (Å²) >= 11 is 5.82. The first kappa shape index (κ1) is 13.8. The van der Waals surface area contributed by atoms with Crippen LogP contribution in [0.25, 0.3) is 0 Å². The van der Waals surface area contributed by atoms with Gasteiger partial charge in [-0.3, -0.25) is 9.21 Å². The van der Waals surface area contributed by atoms with Gasteiger partial charge >= 0.3 is 0 Å². The molecule has 1 aromatic carbocycles. The van der Waals surface area contributed by atoms with Gasteiger partial charge in [-0.1, -0.05) is 18.2 Å². The number of guanidine groups is 1. The predicted octanol–water partition coefficient (Wildman–Crippen LogP) is 0.968. The van der Waals surface area contributed by atoms with E-state index in [0.717, 1.165) is 4.42 Å². The third-order valence-electron chi connectivity index (χ3n) is 2.69. The van der Waals surface area contributed by atoms with Crippen molar-refractivity contribution >= 4 is 34.2 Å². The van der Waals surface area contributed by atoms with Crippen molar-refractivity contribution in [2.75, 3.05) is 13.1 Å². The summed E-state index contributed by atoms with van der Waals surface area (Å²) in [6.07, 6.45) is 0.210. The summed E-state index contributed by atoms with van der Waals surface area (Å²) < 4.78 is 26.6. The molecule has 1 amide bonds. The summed E-state index contributed by atoms with van der Waals surface area (Å²) in [6.45, 7) is 2.38. The fraction of sp³-hybridized carbons (Fsp3) is 0.273. The second-order valence-corrected chi connectivity index (χ2v) is 6.13. The van der Waals surface area contributed by atoms with Gasteiger partial charge in [0.2, 0.25) is 12.4 Å². The number of halogens is 1. The van der Waals surface area contributed by atoms with Gasteiger partial charge in [-0.15, -0.1) is 0 Å². The van der Waals surface area contributed by atoms with Gasteiger partial charge < -0.3 is 0 Å². The first-order chi connectivity index (χ1) is 8.98.